The highest BCUT2D eigenvalue weighted by Gasteiger charge is 2.19. The first-order valence-corrected chi connectivity index (χ1v) is 8.67. The van der Waals surface area contributed by atoms with Gasteiger partial charge in [0.2, 0.25) is 0 Å². The lowest BCUT2D eigenvalue weighted by molar-refractivity contribution is 0.225. The second kappa shape index (κ2) is 10.2. The van der Waals surface area contributed by atoms with Gasteiger partial charge in [0.1, 0.15) is 5.01 Å². The van der Waals surface area contributed by atoms with Gasteiger partial charge in [-0.25, -0.2) is 4.98 Å². The van der Waals surface area contributed by atoms with E-state index in [9.17, 15) is 0 Å². The molecule has 0 spiro atoms. The molecule has 2 heterocycles. The van der Waals surface area contributed by atoms with Crippen molar-refractivity contribution in [3.8, 4) is 0 Å². The topological polar surface area (TPSA) is 52.5 Å². The summed E-state index contributed by atoms with van der Waals surface area (Å²) in [6.07, 6.45) is 4.26. The number of rotatable bonds is 5. The lowest BCUT2D eigenvalue weighted by Crippen LogP contribution is -2.48. The highest BCUT2D eigenvalue weighted by atomic mass is 127. The highest BCUT2D eigenvalue weighted by molar-refractivity contribution is 14.0. The lowest BCUT2D eigenvalue weighted by atomic mass is 10.1. The van der Waals surface area contributed by atoms with E-state index in [0.29, 0.717) is 6.04 Å². The molecule has 0 amide bonds. The molecule has 1 aromatic heterocycles. The average molecular weight is 449 g/mol. The maximum atomic E-state index is 4.55. The molecule has 0 atom stereocenters. The standard InChI is InChI=1S/C16H27N5S.HI/c1-5-8-21-9-6-14(7-10-21)20-16(17-4)18-11-15-19-12(2)13(3)22-15;/h5,14H,1,6-11H2,2-4H3,(H2,17,18,20);1H. The van der Waals surface area contributed by atoms with Gasteiger partial charge in [-0.2, -0.15) is 0 Å². The van der Waals surface area contributed by atoms with Crippen molar-refractivity contribution in [1.29, 1.82) is 0 Å². The molecule has 0 aliphatic carbocycles. The SMILES string of the molecule is C=CCN1CCC(NC(=NC)NCc2nc(C)c(C)s2)CC1.I. The molecule has 0 aromatic carbocycles. The predicted molar refractivity (Wildman–Crippen MR) is 110 cm³/mol. The van der Waals surface area contributed by atoms with Crippen molar-refractivity contribution >= 4 is 41.3 Å². The third kappa shape index (κ3) is 6.39. The van der Waals surface area contributed by atoms with Gasteiger partial charge in [-0.1, -0.05) is 6.08 Å². The summed E-state index contributed by atoms with van der Waals surface area (Å²) in [7, 11) is 1.82. The van der Waals surface area contributed by atoms with E-state index in [1.807, 2.05) is 13.1 Å². The third-order valence-electron chi connectivity index (χ3n) is 4.02. The Morgan fingerprint density at radius 3 is 2.65 bits per heavy atom. The second-order valence-electron chi connectivity index (χ2n) is 5.68. The van der Waals surface area contributed by atoms with E-state index in [4.69, 9.17) is 0 Å². The summed E-state index contributed by atoms with van der Waals surface area (Å²) in [5, 5.41) is 8.00. The molecular formula is C16H28IN5S. The minimum Gasteiger partial charge on any atom is -0.354 e. The average Bonchev–Trinajstić information content (AvgIpc) is 2.84. The molecule has 23 heavy (non-hydrogen) atoms. The Labute approximate surface area is 160 Å². The Hall–Kier alpha value is -0.670. The van der Waals surface area contributed by atoms with E-state index in [1.165, 1.54) is 4.88 Å². The van der Waals surface area contributed by atoms with Crippen molar-refractivity contribution in [1.82, 2.24) is 20.5 Å². The summed E-state index contributed by atoms with van der Waals surface area (Å²) in [5.74, 6) is 0.868. The van der Waals surface area contributed by atoms with Gasteiger partial charge in [0.15, 0.2) is 5.96 Å². The summed E-state index contributed by atoms with van der Waals surface area (Å²) < 4.78 is 0. The first-order valence-electron chi connectivity index (χ1n) is 7.85. The molecule has 0 bridgehead atoms. The number of piperidine rings is 1. The number of halogens is 1. The van der Waals surface area contributed by atoms with Crippen molar-refractivity contribution in [2.24, 2.45) is 4.99 Å². The molecule has 0 unspecified atom stereocenters. The van der Waals surface area contributed by atoms with Crippen LogP contribution in [0, 0.1) is 13.8 Å². The van der Waals surface area contributed by atoms with Crippen molar-refractivity contribution in [2.45, 2.75) is 39.3 Å². The fourth-order valence-corrected chi connectivity index (χ4v) is 3.48. The van der Waals surface area contributed by atoms with Crippen LogP contribution in [0.4, 0.5) is 0 Å². The third-order valence-corrected chi connectivity index (χ3v) is 5.09. The van der Waals surface area contributed by atoms with E-state index < -0.39 is 0 Å². The molecule has 1 aromatic rings. The summed E-state index contributed by atoms with van der Waals surface area (Å²) >= 11 is 1.75. The van der Waals surface area contributed by atoms with E-state index in [1.54, 1.807) is 11.3 Å². The van der Waals surface area contributed by atoms with Crippen LogP contribution < -0.4 is 10.6 Å². The van der Waals surface area contributed by atoms with E-state index >= 15 is 0 Å². The van der Waals surface area contributed by atoms with Gasteiger partial charge >= 0.3 is 0 Å². The Bertz CT molecular complexity index is 501. The smallest absolute Gasteiger partial charge is 0.191 e. The van der Waals surface area contributed by atoms with Crippen LogP contribution in [-0.4, -0.2) is 48.6 Å². The normalized spacial score (nSPS) is 16.7. The quantitative estimate of drug-likeness (QED) is 0.314. The number of thiazole rings is 1. The molecule has 130 valence electrons. The van der Waals surface area contributed by atoms with Crippen LogP contribution in [0.5, 0.6) is 0 Å². The summed E-state index contributed by atoms with van der Waals surface area (Å²) in [5.41, 5.74) is 1.12. The summed E-state index contributed by atoms with van der Waals surface area (Å²) in [6.45, 7) is 11.9. The largest absolute Gasteiger partial charge is 0.354 e. The molecular weight excluding hydrogens is 421 g/mol. The number of nitrogens with zero attached hydrogens (tertiary/aromatic N) is 3. The van der Waals surface area contributed by atoms with Crippen LogP contribution >= 0.6 is 35.3 Å². The molecule has 2 N–H and O–H groups in total. The Balaban J connectivity index is 0.00000264. The van der Waals surface area contributed by atoms with E-state index in [0.717, 1.165) is 55.7 Å². The van der Waals surface area contributed by atoms with Crippen LogP contribution in [0.2, 0.25) is 0 Å². The minimum absolute atomic E-state index is 0. The number of hydrogen-bond donors (Lipinski definition) is 2. The second-order valence-corrected chi connectivity index (χ2v) is 6.97. The van der Waals surface area contributed by atoms with Crippen LogP contribution in [-0.2, 0) is 6.54 Å². The van der Waals surface area contributed by atoms with Crippen LogP contribution in [0.25, 0.3) is 0 Å². The predicted octanol–water partition coefficient (Wildman–Crippen LogP) is 2.69. The Kier molecular flexibility index (Phi) is 9.08. The molecule has 1 saturated heterocycles. The van der Waals surface area contributed by atoms with Crippen LogP contribution in [0.15, 0.2) is 17.6 Å². The lowest BCUT2D eigenvalue weighted by Gasteiger charge is -2.32. The molecule has 2 rings (SSSR count). The van der Waals surface area contributed by atoms with Crippen molar-refractivity contribution < 1.29 is 0 Å². The van der Waals surface area contributed by atoms with E-state index in [-0.39, 0.29) is 24.0 Å². The first kappa shape index (κ1) is 20.4. The van der Waals surface area contributed by atoms with Crippen molar-refractivity contribution in [3.05, 3.63) is 28.2 Å². The fraction of sp³-hybridized carbons (Fsp3) is 0.625. The highest BCUT2D eigenvalue weighted by Crippen LogP contribution is 2.16. The number of aliphatic imine (C=N–C) groups is 1. The fourth-order valence-electron chi connectivity index (χ4n) is 2.60. The molecule has 1 aliphatic heterocycles. The molecule has 1 aliphatic rings. The van der Waals surface area contributed by atoms with Gasteiger partial charge in [0.25, 0.3) is 0 Å². The minimum atomic E-state index is 0. The van der Waals surface area contributed by atoms with Gasteiger partial charge < -0.3 is 10.6 Å². The van der Waals surface area contributed by atoms with E-state index in [2.05, 4.69) is 45.9 Å². The molecule has 5 nitrogen and oxygen atoms in total. The maximum Gasteiger partial charge on any atom is 0.191 e. The van der Waals surface area contributed by atoms with Crippen LogP contribution in [0.3, 0.4) is 0 Å². The maximum absolute atomic E-state index is 4.55. The molecule has 7 heteroatoms. The first-order chi connectivity index (χ1) is 10.6. The van der Waals surface area contributed by atoms with Crippen LogP contribution in [0.1, 0.15) is 28.4 Å². The van der Waals surface area contributed by atoms with Gasteiger partial charge in [0.05, 0.1) is 12.2 Å². The van der Waals surface area contributed by atoms with Crippen molar-refractivity contribution in [2.75, 3.05) is 26.7 Å². The number of hydrogen-bond acceptors (Lipinski definition) is 4. The summed E-state index contributed by atoms with van der Waals surface area (Å²) in [6, 6.07) is 0.493. The zero-order valence-corrected chi connectivity index (χ0v) is 17.4. The zero-order valence-electron chi connectivity index (χ0n) is 14.3. The Morgan fingerprint density at radius 2 is 2.13 bits per heavy atom. The Morgan fingerprint density at radius 1 is 1.43 bits per heavy atom. The van der Waals surface area contributed by atoms with Gasteiger partial charge in [-0.15, -0.1) is 41.9 Å². The zero-order chi connectivity index (χ0) is 15.9. The molecule has 0 radical (unpaired) electrons. The number of nitrogens with one attached hydrogen (secondary N) is 2. The number of likely N-dealkylation sites (tertiary alicyclic amines) is 1. The number of aromatic nitrogens is 1. The van der Waals surface area contributed by atoms with Gasteiger partial charge in [-0.05, 0) is 26.7 Å². The number of guanidine groups is 1. The number of aryl methyl sites for hydroxylation is 2. The molecule has 0 saturated carbocycles. The monoisotopic (exact) mass is 449 g/mol. The summed E-state index contributed by atoms with van der Waals surface area (Å²) in [4.78, 5) is 12.6. The van der Waals surface area contributed by atoms with Gasteiger partial charge in [0, 0.05) is 37.6 Å². The molecule has 1 fully saturated rings. The van der Waals surface area contributed by atoms with Gasteiger partial charge in [-0.3, -0.25) is 9.89 Å². The van der Waals surface area contributed by atoms with Crippen molar-refractivity contribution in [3.63, 3.8) is 0 Å².